The first-order valence-electron chi connectivity index (χ1n) is 13.6. The Kier molecular flexibility index (Phi) is 11.1. The van der Waals surface area contributed by atoms with Crippen LogP contribution in [0.25, 0.3) is 0 Å². The lowest BCUT2D eigenvalue weighted by molar-refractivity contribution is -0.339. The van der Waals surface area contributed by atoms with Gasteiger partial charge in [0.25, 0.3) is 0 Å². The number of thiocarbonyl (C=S) groups is 1. The van der Waals surface area contributed by atoms with Crippen LogP contribution >= 0.6 is 24.0 Å². The van der Waals surface area contributed by atoms with Gasteiger partial charge in [-0.1, -0.05) is 70.7 Å². The zero-order chi connectivity index (χ0) is 28.2. The van der Waals surface area contributed by atoms with Gasteiger partial charge in [0.2, 0.25) is 5.91 Å². The molecule has 9 heteroatoms. The molecule has 0 unspecified atom stereocenters. The number of benzene rings is 1. The smallest absolute Gasteiger partial charge is 0.230 e. The van der Waals surface area contributed by atoms with Crippen LogP contribution in [0.1, 0.15) is 60.5 Å². The summed E-state index contributed by atoms with van der Waals surface area (Å²) in [5, 5.41) is 11.2. The van der Waals surface area contributed by atoms with Crippen molar-refractivity contribution in [3.63, 3.8) is 0 Å². The van der Waals surface area contributed by atoms with Crippen LogP contribution in [0.3, 0.4) is 0 Å². The predicted molar refractivity (Wildman–Crippen MR) is 155 cm³/mol. The number of aliphatic hydroxyl groups excluding tert-OH is 1. The van der Waals surface area contributed by atoms with Crippen molar-refractivity contribution >= 4 is 34.2 Å². The van der Waals surface area contributed by atoms with Gasteiger partial charge in [-0.15, -0.1) is 0 Å². The SMILES string of the molecule is COc1ccc(COC[C@H](C)[C@@H]2OC(C)(C)O[C@@H]([C@H](C)[C@H](O)CC(=O)N3C(=S)SC[C@@H]3C(C)C)[C@@H]2C)cc1. The first-order valence-corrected chi connectivity index (χ1v) is 15.0. The third-order valence-electron chi connectivity index (χ3n) is 7.70. The fraction of sp³-hybridized carbons (Fsp3) is 0.724. The van der Waals surface area contributed by atoms with Gasteiger partial charge in [0.05, 0.1) is 45.1 Å². The molecule has 1 aromatic rings. The van der Waals surface area contributed by atoms with Gasteiger partial charge in [-0.2, -0.15) is 0 Å². The van der Waals surface area contributed by atoms with Gasteiger partial charge in [0, 0.05) is 29.5 Å². The van der Waals surface area contributed by atoms with Crippen molar-refractivity contribution in [2.24, 2.45) is 23.7 Å². The van der Waals surface area contributed by atoms with Crippen molar-refractivity contribution in [1.82, 2.24) is 4.90 Å². The molecule has 2 aliphatic heterocycles. The number of hydrogen-bond donors (Lipinski definition) is 1. The van der Waals surface area contributed by atoms with Gasteiger partial charge >= 0.3 is 0 Å². The van der Waals surface area contributed by atoms with E-state index in [0.717, 1.165) is 17.1 Å². The van der Waals surface area contributed by atoms with Crippen LogP contribution in [0.4, 0.5) is 0 Å². The number of nitrogens with zero attached hydrogens (tertiary/aromatic N) is 1. The Morgan fingerprint density at radius 2 is 1.82 bits per heavy atom. The van der Waals surface area contributed by atoms with Gasteiger partial charge < -0.3 is 24.1 Å². The van der Waals surface area contributed by atoms with E-state index < -0.39 is 11.9 Å². The van der Waals surface area contributed by atoms with Crippen LogP contribution in [0.15, 0.2) is 24.3 Å². The number of carbonyl (C=O) groups excluding carboxylic acids is 1. The molecule has 7 atom stereocenters. The molecule has 3 rings (SSSR count). The lowest BCUT2D eigenvalue weighted by atomic mass is 9.80. The monoisotopic (exact) mass is 567 g/mol. The number of thioether (sulfide) groups is 1. The molecular formula is C29H45NO6S2. The third-order valence-corrected chi connectivity index (χ3v) is 9.20. The highest BCUT2D eigenvalue weighted by Crippen LogP contribution is 2.39. The molecule has 214 valence electrons. The molecule has 2 heterocycles. The fourth-order valence-electron chi connectivity index (χ4n) is 5.38. The molecule has 1 amide bonds. The van der Waals surface area contributed by atoms with E-state index in [4.69, 9.17) is 31.2 Å². The minimum absolute atomic E-state index is 0.00538. The highest BCUT2D eigenvalue weighted by molar-refractivity contribution is 8.23. The summed E-state index contributed by atoms with van der Waals surface area (Å²) in [5.41, 5.74) is 1.08. The number of methoxy groups -OCH3 is 1. The predicted octanol–water partition coefficient (Wildman–Crippen LogP) is 5.28. The summed E-state index contributed by atoms with van der Waals surface area (Å²) in [7, 11) is 1.65. The quantitative estimate of drug-likeness (QED) is 0.362. The second kappa shape index (κ2) is 13.4. The van der Waals surface area contributed by atoms with Crippen molar-refractivity contribution < 1.29 is 28.8 Å². The van der Waals surface area contributed by atoms with Crippen molar-refractivity contribution in [1.29, 1.82) is 0 Å². The Hall–Kier alpha value is -1.23. The lowest BCUT2D eigenvalue weighted by Gasteiger charge is -2.49. The minimum Gasteiger partial charge on any atom is -0.497 e. The van der Waals surface area contributed by atoms with E-state index in [9.17, 15) is 9.90 Å². The van der Waals surface area contributed by atoms with Crippen LogP contribution < -0.4 is 4.74 Å². The second-order valence-corrected chi connectivity index (χ2v) is 13.2. The van der Waals surface area contributed by atoms with Crippen LogP contribution in [-0.4, -0.2) is 69.8 Å². The van der Waals surface area contributed by atoms with Crippen molar-refractivity contribution in [2.45, 2.75) is 91.6 Å². The summed E-state index contributed by atoms with van der Waals surface area (Å²) >= 11 is 6.99. The van der Waals surface area contributed by atoms with Gasteiger partial charge in [-0.3, -0.25) is 9.69 Å². The third kappa shape index (κ3) is 7.70. The fourth-order valence-corrected chi connectivity index (χ4v) is 7.05. The number of carbonyl (C=O) groups is 1. The molecule has 0 bridgehead atoms. The minimum atomic E-state index is -0.854. The first kappa shape index (κ1) is 31.3. The zero-order valence-electron chi connectivity index (χ0n) is 24.0. The molecule has 0 radical (unpaired) electrons. The molecule has 0 saturated carbocycles. The number of rotatable bonds is 11. The summed E-state index contributed by atoms with van der Waals surface area (Å²) < 4.78 is 24.6. The van der Waals surface area contributed by atoms with Crippen LogP contribution in [-0.2, 0) is 25.6 Å². The molecule has 38 heavy (non-hydrogen) atoms. The number of amides is 1. The lowest BCUT2D eigenvalue weighted by Crippen LogP contribution is -2.56. The summed E-state index contributed by atoms with van der Waals surface area (Å²) in [5.74, 6) is 0.819. The number of aliphatic hydroxyl groups is 1. The molecule has 1 aromatic carbocycles. The van der Waals surface area contributed by atoms with Crippen molar-refractivity contribution in [3.8, 4) is 5.75 Å². The van der Waals surface area contributed by atoms with Gasteiger partial charge in [-0.05, 0) is 37.5 Å². The standard InChI is InChI=1S/C29H45NO6S2/c1-17(2)23-16-38-28(37)30(23)25(32)13-24(31)19(4)27-20(5)26(35-29(6,7)36-27)18(3)14-34-15-21-9-11-22(33-8)12-10-21/h9-12,17-20,23-24,26-27,31H,13-16H2,1-8H3/t18-,19+,20+,23+,24+,26-,27-/m0/s1. The van der Waals surface area contributed by atoms with Crippen LogP contribution in [0.5, 0.6) is 5.75 Å². The average molecular weight is 568 g/mol. The van der Waals surface area contributed by atoms with E-state index in [-0.39, 0.29) is 48.3 Å². The Morgan fingerprint density at radius 3 is 2.42 bits per heavy atom. The number of ether oxygens (including phenoxy) is 4. The highest BCUT2D eigenvalue weighted by Gasteiger charge is 2.47. The van der Waals surface area contributed by atoms with E-state index in [0.29, 0.717) is 23.5 Å². The van der Waals surface area contributed by atoms with E-state index in [2.05, 4.69) is 27.7 Å². The molecule has 2 aliphatic rings. The van der Waals surface area contributed by atoms with Crippen molar-refractivity contribution in [3.05, 3.63) is 29.8 Å². The molecule has 2 fully saturated rings. The molecular weight excluding hydrogens is 522 g/mol. The Morgan fingerprint density at radius 1 is 1.18 bits per heavy atom. The highest BCUT2D eigenvalue weighted by atomic mass is 32.2. The summed E-state index contributed by atoms with van der Waals surface area (Å²) in [6, 6.07) is 7.92. The summed E-state index contributed by atoms with van der Waals surface area (Å²) in [4.78, 5) is 14.9. The molecule has 1 N–H and O–H groups in total. The Labute approximate surface area is 237 Å². The van der Waals surface area contributed by atoms with Crippen molar-refractivity contribution in [2.75, 3.05) is 19.5 Å². The van der Waals surface area contributed by atoms with E-state index in [1.54, 1.807) is 23.8 Å². The average Bonchev–Trinajstić information content (AvgIpc) is 3.26. The van der Waals surface area contributed by atoms with Gasteiger partial charge in [-0.25, -0.2) is 0 Å². The maximum absolute atomic E-state index is 13.2. The summed E-state index contributed by atoms with van der Waals surface area (Å²) in [6.45, 7) is 15.2. The molecule has 0 aromatic heterocycles. The van der Waals surface area contributed by atoms with Crippen LogP contribution in [0, 0.1) is 23.7 Å². The van der Waals surface area contributed by atoms with Gasteiger partial charge in [0.15, 0.2) is 5.79 Å². The molecule has 0 aliphatic carbocycles. The van der Waals surface area contributed by atoms with E-state index in [1.165, 1.54) is 0 Å². The first-order chi connectivity index (χ1) is 17.8. The molecule has 2 saturated heterocycles. The maximum Gasteiger partial charge on any atom is 0.230 e. The maximum atomic E-state index is 13.2. The van der Waals surface area contributed by atoms with E-state index >= 15 is 0 Å². The Balaban J connectivity index is 1.61. The second-order valence-electron chi connectivity index (χ2n) is 11.5. The normalized spacial score (nSPS) is 27.8. The molecule has 7 nitrogen and oxygen atoms in total. The largest absolute Gasteiger partial charge is 0.497 e. The Bertz CT molecular complexity index is 940. The number of hydrogen-bond acceptors (Lipinski definition) is 8. The van der Waals surface area contributed by atoms with Gasteiger partial charge in [0.1, 0.15) is 10.1 Å². The zero-order valence-corrected chi connectivity index (χ0v) is 25.6. The topological polar surface area (TPSA) is 77.5 Å². The van der Waals surface area contributed by atoms with Crippen LogP contribution in [0.2, 0.25) is 0 Å². The molecule has 0 spiro atoms. The van der Waals surface area contributed by atoms with E-state index in [1.807, 2.05) is 45.0 Å². The summed E-state index contributed by atoms with van der Waals surface area (Å²) in [6.07, 6.45) is -1.24.